The van der Waals surface area contributed by atoms with Crippen molar-refractivity contribution in [2.45, 2.75) is 45.7 Å². The second-order valence-corrected chi connectivity index (χ2v) is 5.28. The van der Waals surface area contributed by atoms with Gasteiger partial charge in [-0.25, -0.2) is 0 Å². The Hall–Kier alpha value is -1.95. The van der Waals surface area contributed by atoms with Gasteiger partial charge < -0.3 is 16.2 Å². The van der Waals surface area contributed by atoms with Crippen molar-refractivity contribution in [1.82, 2.24) is 10.3 Å². The van der Waals surface area contributed by atoms with Crippen molar-refractivity contribution in [3.05, 3.63) is 29.6 Å². The maximum absolute atomic E-state index is 12.1. The summed E-state index contributed by atoms with van der Waals surface area (Å²) in [7, 11) is 0. The minimum atomic E-state index is -0.780. The monoisotopic (exact) mass is 293 g/mol. The molecule has 0 fully saturated rings. The van der Waals surface area contributed by atoms with Crippen LogP contribution in [0.5, 0.6) is 0 Å². The van der Waals surface area contributed by atoms with E-state index in [1.807, 2.05) is 6.92 Å². The average molecular weight is 293 g/mol. The number of nitrogens with one attached hydrogen (secondary N) is 1. The molecule has 6 heteroatoms. The Morgan fingerprint density at radius 2 is 2.10 bits per heavy atom. The van der Waals surface area contributed by atoms with Gasteiger partial charge in [0.1, 0.15) is 0 Å². The van der Waals surface area contributed by atoms with Gasteiger partial charge in [-0.15, -0.1) is 0 Å². The normalized spacial score (nSPS) is 13.5. The van der Waals surface area contributed by atoms with E-state index in [0.717, 1.165) is 12.8 Å². The zero-order valence-electron chi connectivity index (χ0n) is 12.5. The molecule has 4 N–H and O–H groups in total. The molecule has 1 heterocycles. The summed E-state index contributed by atoms with van der Waals surface area (Å²) in [4.78, 5) is 26.8. The molecule has 0 bridgehead atoms. The van der Waals surface area contributed by atoms with E-state index in [1.165, 1.54) is 0 Å². The van der Waals surface area contributed by atoms with Crippen molar-refractivity contribution in [2.24, 2.45) is 11.7 Å². The Morgan fingerprint density at radius 1 is 1.38 bits per heavy atom. The fraction of sp³-hybridized carbons (Fsp3) is 0.533. The molecule has 0 aromatic carbocycles. The molecule has 1 rings (SSSR count). The lowest BCUT2D eigenvalue weighted by Gasteiger charge is -2.15. The lowest BCUT2D eigenvalue weighted by atomic mass is 10.0. The molecule has 0 aliphatic carbocycles. The summed E-state index contributed by atoms with van der Waals surface area (Å²) in [6.45, 7) is 3.90. The van der Waals surface area contributed by atoms with Gasteiger partial charge in [-0.3, -0.25) is 14.6 Å². The van der Waals surface area contributed by atoms with Crippen LogP contribution >= 0.6 is 0 Å². The minimum absolute atomic E-state index is 0.00649. The highest BCUT2D eigenvalue weighted by Gasteiger charge is 2.13. The molecular formula is C15H23N3O3. The van der Waals surface area contributed by atoms with Gasteiger partial charge in [0.15, 0.2) is 0 Å². The first-order chi connectivity index (χ1) is 9.93. The first kappa shape index (κ1) is 17.1. The maximum atomic E-state index is 12.1. The van der Waals surface area contributed by atoms with Crippen molar-refractivity contribution in [2.75, 3.05) is 0 Å². The van der Waals surface area contributed by atoms with Crippen LogP contribution in [0.15, 0.2) is 18.3 Å². The minimum Gasteiger partial charge on any atom is -0.481 e. The number of pyridine rings is 1. The fourth-order valence-corrected chi connectivity index (χ4v) is 1.96. The van der Waals surface area contributed by atoms with Crippen LogP contribution in [0.2, 0.25) is 0 Å². The van der Waals surface area contributed by atoms with Crippen molar-refractivity contribution >= 4 is 11.9 Å². The third kappa shape index (κ3) is 5.91. The summed E-state index contributed by atoms with van der Waals surface area (Å²) in [5, 5.41) is 11.7. The summed E-state index contributed by atoms with van der Waals surface area (Å²) in [6.07, 6.45) is 3.69. The van der Waals surface area contributed by atoms with Crippen molar-refractivity contribution in [3.8, 4) is 0 Å². The van der Waals surface area contributed by atoms with Crippen LogP contribution in [-0.4, -0.2) is 28.0 Å². The zero-order valence-corrected chi connectivity index (χ0v) is 12.5. The number of nitrogens with zero attached hydrogens (tertiary/aromatic N) is 1. The molecular weight excluding hydrogens is 270 g/mol. The van der Waals surface area contributed by atoms with Crippen molar-refractivity contribution in [1.29, 1.82) is 0 Å². The standard InChI is InChI=1S/C15H23N3O3/c1-10(15(20)21)4-3-5-11(2)18-14(19)12-6-7-17-13(8-12)9-16/h6-8,10-11H,3-5,9,16H2,1-2H3,(H,18,19)(H,20,21). The molecule has 0 saturated heterocycles. The highest BCUT2D eigenvalue weighted by Crippen LogP contribution is 2.10. The number of carboxylic acids is 1. The molecule has 0 aliphatic rings. The Bertz CT molecular complexity index is 491. The number of nitrogens with two attached hydrogens (primary N) is 1. The van der Waals surface area contributed by atoms with Crippen LogP contribution in [0.3, 0.4) is 0 Å². The molecule has 0 radical (unpaired) electrons. The average Bonchev–Trinajstić information content (AvgIpc) is 2.46. The van der Waals surface area contributed by atoms with Gasteiger partial charge in [-0.2, -0.15) is 0 Å². The van der Waals surface area contributed by atoms with E-state index in [1.54, 1.807) is 25.3 Å². The van der Waals surface area contributed by atoms with Gasteiger partial charge in [0, 0.05) is 24.3 Å². The van der Waals surface area contributed by atoms with Gasteiger partial charge in [-0.1, -0.05) is 13.3 Å². The van der Waals surface area contributed by atoms with Gasteiger partial charge in [0.25, 0.3) is 5.91 Å². The smallest absolute Gasteiger partial charge is 0.306 e. The SMILES string of the molecule is CC(CCCC(C)C(=O)O)NC(=O)c1ccnc(CN)c1. The van der Waals surface area contributed by atoms with Crippen LogP contribution < -0.4 is 11.1 Å². The molecule has 2 atom stereocenters. The molecule has 1 amide bonds. The highest BCUT2D eigenvalue weighted by atomic mass is 16.4. The summed E-state index contributed by atoms with van der Waals surface area (Å²) in [5.41, 5.74) is 6.71. The lowest BCUT2D eigenvalue weighted by Crippen LogP contribution is -2.32. The van der Waals surface area contributed by atoms with E-state index >= 15 is 0 Å². The largest absolute Gasteiger partial charge is 0.481 e. The maximum Gasteiger partial charge on any atom is 0.306 e. The summed E-state index contributed by atoms with van der Waals surface area (Å²) in [6, 6.07) is 3.32. The van der Waals surface area contributed by atoms with E-state index in [9.17, 15) is 9.59 Å². The van der Waals surface area contributed by atoms with Crippen LogP contribution in [0.25, 0.3) is 0 Å². The quantitative estimate of drug-likeness (QED) is 0.674. The first-order valence-electron chi connectivity index (χ1n) is 7.12. The molecule has 2 unspecified atom stereocenters. The van der Waals surface area contributed by atoms with Crippen LogP contribution in [-0.2, 0) is 11.3 Å². The Kier molecular flexibility index (Phi) is 6.81. The first-order valence-corrected chi connectivity index (χ1v) is 7.12. The van der Waals surface area contributed by atoms with Crippen molar-refractivity contribution in [3.63, 3.8) is 0 Å². The van der Waals surface area contributed by atoms with Gasteiger partial charge in [0.05, 0.1) is 11.6 Å². The summed E-state index contributed by atoms with van der Waals surface area (Å²) in [5.74, 6) is -1.29. The van der Waals surface area contributed by atoms with E-state index in [-0.39, 0.29) is 17.9 Å². The van der Waals surface area contributed by atoms with Gasteiger partial charge >= 0.3 is 5.97 Å². The van der Waals surface area contributed by atoms with Crippen LogP contribution in [0, 0.1) is 5.92 Å². The van der Waals surface area contributed by atoms with E-state index in [0.29, 0.717) is 24.2 Å². The Labute approximate surface area is 124 Å². The number of carboxylic acid groups (broad SMARTS) is 1. The molecule has 21 heavy (non-hydrogen) atoms. The number of hydrogen-bond donors (Lipinski definition) is 3. The second kappa shape index (κ2) is 8.36. The third-order valence-corrected chi connectivity index (χ3v) is 3.36. The number of aliphatic carboxylic acids is 1. The van der Waals surface area contributed by atoms with Gasteiger partial charge in [0.2, 0.25) is 0 Å². The fourth-order valence-electron chi connectivity index (χ4n) is 1.96. The molecule has 1 aromatic rings. The summed E-state index contributed by atoms with van der Waals surface area (Å²) < 4.78 is 0. The van der Waals surface area contributed by atoms with Crippen molar-refractivity contribution < 1.29 is 14.7 Å². The predicted molar refractivity (Wildman–Crippen MR) is 79.7 cm³/mol. The number of hydrogen-bond acceptors (Lipinski definition) is 4. The highest BCUT2D eigenvalue weighted by molar-refractivity contribution is 5.94. The lowest BCUT2D eigenvalue weighted by molar-refractivity contribution is -0.141. The number of aromatic nitrogens is 1. The molecule has 0 spiro atoms. The topological polar surface area (TPSA) is 105 Å². The number of amides is 1. The molecule has 116 valence electrons. The van der Waals surface area contributed by atoms with E-state index < -0.39 is 5.97 Å². The van der Waals surface area contributed by atoms with E-state index in [4.69, 9.17) is 10.8 Å². The number of carbonyl (C=O) groups is 2. The van der Waals surface area contributed by atoms with Gasteiger partial charge in [-0.05, 0) is 31.9 Å². The zero-order chi connectivity index (χ0) is 15.8. The second-order valence-electron chi connectivity index (χ2n) is 5.28. The molecule has 0 aliphatic heterocycles. The van der Waals surface area contributed by atoms with Crippen LogP contribution in [0.4, 0.5) is 0 Å². The van der Waals surface area contributed by atoms with Crippen LogP contribution in [0.1, 0.15) is 49.2 Å². The Morgan fingerprint density at radius 3 is 2.71 bits per heavy atom. The number of rotatable bonds is 8. The Balaban J connectivity index is 2.41. The summed E-state index contributed by atoms with van der Waals surface area (Å²) >= 11 is 0. The molecule has 0 saturated carbocycles. The predicted octanol–water partition coefficient (Wildman–Crippen LogP) is 1.55. The molecule has 1 aromatic heterocycles. The molecule has 6 nitrogen and oxygen atoms in total. The number of carbonyl (C=O) groups excluding carboxylic acids is 1. The third-order valence-electron chi connectivity index (χ3n) is 3.36. The van der Waals surface area contributed by atoms with E-state index in [2.05, 4.69) is 10.3 Å².